The zero-order valence-electron chi connectivity index (χ0n) is 16.0. The van der Waals surface area contributed by atoms with E-state index < -0.39 is 0 Å². The van der Waals surface area contributed by atoms with Crippen LogP contribution in [0.25, 0.3) is 10.2 Å². The molecule has 0 radical (unpaired) electrons. The fraction of sp³-hybridized carbons (Fsp3) is 0.650. The summed E-state index contributed by atoms with van der Waals surface area (Å²) in [5.41, 5.74) is 1.21. The number of likely N-dealkylation sites (tertiary alicyclic amines) is 1. The van der Waals surface area contributed by atoms with Crippen LogP contribution in [-0.4, -0.2) is 39.9 Å². The molecule has 0 spiro atoms. The molecule has 140 valence electrons. The maximum Gasteiger partial charge on any atom is 0.242 e. The second-order valence-corrected chi connectivity index (χ2v) is 8.98. The third-order valence-electron chi connectivity index (χ3n) is 6.11. The van der Waals surface area contributed by atoms with E-state index in [-0.39, 0.29) is 5.91 Å². The number of rotatable bonds is 3. The molecule has 5 nitrogen and oxygen atoms in total. The highest BCUT2D eigenvalue weighted by Gasteiger charge is 2.35. The third-order valence-corrected chi connectivity index (χ3v) is 7.21. The van der Waals surface area contributed by atoms with Gasteiger partial charge in [0, 0.05) is 17.5 Å². The van der Waals surface area contributed by atoms with E-state index in [1.54, 1.807) is 11.3 Å². The first kappa shape index (κ1) is 17.7. The van der Waals surface area contributed by atoms with Crippen molar-refractivity contribution in [2.45, 2.75) is 65.3 Å². The summed E-state index contributed by atoms with van der Waals surface area (Å²) in [5.74, 6) is 2.49. The van der Waals surface area contributed by atoms with E-state index in [2.05, 4.69) is 34.0 Å². The van der Waals surface area contributed by atoms with Crippen LogP contribution in [0.1, 0.15) is 54.8 Å². The number of amides is 1. The molecule has 0 unspecified atom stereocenters. The Hall–Kier alpha value is -1.69. The first-order valence-corrected chi connectivity index (χ1v) is 10.6. The fourth-order valence-corrected chi connectivity index (χ4v) is 5.75. The van der Waals surface area contributed by atoms with Crippen molar-refractivity contribution in [2.75, 3.05) is 18.4 Å². The smallest absolute Gasteiger partial charge is 0.242 e. The molecule has 2 aliphatic rings. The Morgan fingerprint density at radius 2 is 1.92 bits per heavy atom. The van der Waals surface area contributed by atoms with Gasteiger partial charge in [0.25, 0.3) is 0 Å². The number of aromatic nitrogens is 2. The van der Waals surface area contributed by atoms with Gasteiger partial charge >= 0.3 is 0 Å². The summed E-state index contributed by atoms with van der Waals surface area (Å²) in [6.45, 7) is 7.37. The molecule has 1 N–H and O–H groups in total. The standard InChI is InChI=1S/C20H28N4OS/c1-12-13(2)26-20-18(12)19(22-14(3)23-20)21-11-17(25)24-10-6-8-15-7-4-5-9-16(15)24/h15-16H,4-11H2,1-3H3,(H,21,22,23)/t15-,16-/m1/s1. The van der Waals surface area contributed by atoms with E-state index in [0.29, 0.717) is 12.6 Å². The van der Waals surface area contributed by atoms with Gasteiger partial charge in [0.05, 0.1) is 11.9 Å². The number of hydrogen-bond donors (Lipinski definition) is 1. The van der Waals surface area contributed by atoms with Crippen molar-refractivity contribution in [2.24, 2.45) is 5.92 Å². The number of fused-ring (bicyclic) bond motifs is 2. The van der Waals surface area contributed by atoms with Gasteiger partial charge in [-0.25, -0.2) is 9.97 Å². The van der Waals surface area contributed by atoms with Gasteiger partial charge in [-0.15, -0.1) is 11.3 Å². The highest BCUT2D eigenvalue weighted by molar-refractivity contribution is 7.18. The molecule has 2 fully saturated rings. The van der Waals surface area contributed by atoms with Crippen LogP contribution in [0.4, 0.5) is 5.82 Å². The normalized spacial score (nSPS) is 23.1. The van der Waals surface area contributed by atoms with Gasteiger partial charge in [0.2, 0.25) is 5.91 Å². The summed E-state index contributed by atoms with van der Waals surface area (Å²) in [4.78, 5) is 26.5. The van der Waals surface area contributed by atoms with Crippen LogP contribution in [0.3, 0.4) is 0 Å². The first-order valence-electron chi connectivity index (χ1n) is 9.82. The molecule has 0 aromatic carbocycles. The van der Waals surface area contributed by atoms with E-state index in [9.17, 15) is 4.79 Å². The van der Waals surface area contributed by atoms with Crippen LogP contribution < -0.4 is 5.32 Å². The number of carbonyl (C=O) groups is 1. The Kier molecular flexibility index (Phi) is 4.86. The Morgan fingerprint density at radius 1 is 1.15 bits per heavy atom. The van der Waals surface area contributed by atoms with Crippen molar-refractivity contribution in [3.63, 3.8) is 0 Å². The van der Waals surface area contributed by atoms with Crippen LogP contribution in [0.5, 0.6) is 0 Å². The second kappa shape index (κ2) is 7.14. The first-order chi connectivity index (χ1) is 12.5. The minimum atomic E-state index is 0.218. The van der Waals surface area contributed by atoms with Crippen LogP contribution in [0.2, 0.25) is 0 Å². The molecule has 1 saturated heterocycles. The SMILES string of the molecule is Cc1nc(NCC(=O)N2CCC[C@H]3CCCC[C@H]32)c2c(C)c(C)sc2n1. The minimum Gasteiger partial charge on any atom is -0.360 e. The molecule has 1 aliphatic carbocycles. The van der Waals surface area contributed by atoms with Crippen molar-refractivity contribution in [1.82, 2.24) is 14.9 Å². The number of thiophene rings is 1. The number of aryl methyl sites for hydroxylation is 3. The lowest BCUT2D eigenvalue weighted by Gasteiger charge is -2.44. The van der Waals surface area contributed by atoms with Crippen molar-refractivity contribution in [3.05, 3.63) is 16.3 Å². The number of anilines is 1. The van der Waals surface area contributed by atoms with Gasteiger partial charge in [-0.3, -0.25) is 4.79 Å². The van der Waals surface area contributed by atoms with Gasteiger partial charge in [-0.1, -0.05) is 12.8 Å². The van der Waals surface area contributed by atoms with E-state index in [4.69, 9.17) is 0 Å². The lowest BCUT2D eigenvalue weighted by molar-refractivity contribution is -0.135. The lowest BCUT2D eigenvalue weighted by Crippen LogP contribution is -2.51. The van der Waals surface area contributed by atoms with Gasteiger partial charge in [0.1, 0.15) is 16.5 Å². The van der Waals surface area contributed by atoms with Crippen LogP contribution in [0, 0.1) is 26.7 Å². The summed E-state index contributed by atoms with van der Waals surface area (Å²) < 4.78 is 0. The summed E-state index contributed by atoms with van der Waals surface area (Å²) in [5, 5.41) is 4.41. The quantitative estimate of drug-likeness (QED) is 0.877. The Labute approximate surface area is 159 Å². The molecule has 6 heteroatoms. The van der Waals surface area contributed by atoms with Crippen molar-refractivity contribution in [3.8, 4) is 0 Å². The molecular formula is C20H28N4OS. The predicted molar refractivity (Wildman–Crippen MR) is 107 cm³/mol. The molecule has 1 amide bonds. The molecule has 2 atom stereocenters. The largest absolute Gasteiger partial charge is 0.360 e. The summed E-state index contributed by atoms with van der Waals surface area (Å²) in [7, 11) is 0. The van der Waals surface area contributed by atoms with E-state index in [1.165, 1.54) is 42.5 Å². The summed E-state index contributed by atoms with van der Waals surface area (Å²) in [6.07, 6.45) is 7.50. The molecule has 2 aromatic rings. The Morgan fingerprint density at radius 3 is 2.77 bits per heavy atom. The molecule has 4 rings (SSSR count). The van der Waals surface area contributed by atoms with Gasteiger partial charge in [-0.05, 0) is 57.9 Å². The average Bonchev–Trinajstić information content (AvgIpc) is 2.92. The maximum atomic E-state index is 13.0. The van der Waals surface area contributed by atoms with E-state index >= 15 is 0 Å². The Bertz CT molecular complexity index is 829. The van der Waals surface area contributed by atoms with E-state index in [1.807, 2.05) is 6.92 Å². The summed E-state index contributed by atoms with van der Waals surface area (Å²) >= 11 is 1.70. The molecule has 2 aromatic heterocycles. The topological polar surface area (TPSA) is 58.1 Å². The van der Waals surface area contributed by atoms with E-state index in [0.717, 1.165) is 40.7 Å². The number of carbonyl (C=O) groups excluding carboxylic acids is 1. The average molecular weight is 373 g/mol. The number of nitrogens with one attached hydrogen (secondary N) is 1. The fourth-order valence-electron chi connectivity index (χ4n) is 4.68. The molecular weight excluding hydrogens is 344 g/mol. The minimum absolute atomic E-state index is 0.218. The van der Waals surface area contributed by atoms with Crippen LogP contribution >= 0.6 is 11.3 Å². The number of piperidine rings is 1. The monoisotopic (exact) mass is 372 g/mol. The van der Waals surface area contributed by atoms with Crippen molar-refractivity contribution in [1.29, 1.82) is 0 Å². The van der Waals surface area contributed by atoms with Crippen LogP contribution in [0.15, 0.2) is 0 Å². The van der Waals surface area contributed by atoms with Crippen molar-refractivity contribution >= 4 is 33.3 Å². The zero-order chi connectivity index (χ0) is 18.3. The molecule has 1 aliphatic heterocycles. The molecule has 1 saturated carbocycles. The Balaban J connectivity index is 1.52. The van der Waals surface area contributed by atoms with Crippen molar-refractivity contribution < 1.29 is 4.79 Å². The highest BCUT2D eigenvalue weighted by atomic mass is 32.1. The molecule has 3 heterocycles. The zero-order valence-corrected chi connectivity index (χ0v) is 16.8. The lowest BCUT2D eigenvalue weighted by atomic mass is 9.78. The van der Waals surface area contributed by atoms with Gasteiger partial charge in [-0.2, -0.15) is 0 Å². The summed E-state index contributed by atoms with van der Waals surface area (Å²) in [6, 6.07) is 0.462. The van der Waals surface area contributed by atoms with Gasteiger partial charge < -0.3 is 10.2 Å². The number of hydrogen-bond acceptors (Lipinski definition) is 5. The van der Waals surface area contributed by atoms with Crippen LogP contribution in [-0.2, 0) is 4.79 Å². The predicted octanol–water partition coefficient (Wildman–Crippen LogP) is 4.21. The second-order valence-electron chi connectivity index (χ2n) is 7.78. The van der Waals surface area contributed by atoms with Gasteiger partial charge in [0.15, 0.2) is 0 Å². The maximum absolute atomic E-state index is 13.0. The molecule has 0 bridgehead atoms. The number of nitrogens with zero attached hydrogens (tertiary/aromatic N) is 3. The highest BCUT2D eigenvalue weighted by Crippen LogP contribution is 2.36. The molecule has 26 heavy (non-hydrogen) atoms. The third kappa shape index (κ3) is 3.20.